The summed E-state index contributed by atoms with van der Waals surface area (Å²) in [6.45, 7) is 0.0989. The maximum absolute atomic E-state index is 12.8. The maximum Gasteiger partial charge on any atom is 0.416 e. The summed E-state index contributed by atoms with van der Waals surface area (Å²) in [5.41, 5.74) is 0.232. The van der Waals surface area contributed by atoms with E-state index >= 15 is 0 Å². The van der Waals surface area contributed by atoms with E-state index in [1.54, 1.807) is 36.2 Å². The van der Waals surface area contributed by atoms with Crippen molar-refractivity contribution in [3.63, 3.8) is 0 Å². The minimum absolute atomic E-state index is 0.0637. The minimum atomic E-state index is -4.41. The zero-order chi connectivity index (χ0) is 20.0. The Balaban J connectivity index is 2.00. The van der Waals surface area contributed by atoms with Crippen molar-refractivity contribution in [1.29, 1.82) is 0 Å². The lowest BCUT2D eigenvalue weighted by molar-refractivity contribution is -0.137. The fraction of sp³-hybridized carbons (Fsp3) is 0.263. The van der Waals surface area contributed by atoms with Gasteiger partial charge in [-0.05, 0) is 30.8 Å². The number of benzene rings is 2. The first-order chi connectivity index (χ1) is 12.7. The highest BCUT2D eigenvalue weighted by Gasteiger charge is 2.30. The standard InChI is InChI=1S/C19H19F3N2O3/c1-24(11-13-6-5-7-14(10-13)19(20,21)22)12-17(25)23-16-9-4-3-8-15(16)18(26)27-2/h3-10H,11-12H2,1-2H3,(H,23,25). The van der Waals surface area contributed by atoms with Crippen molar-refractivity contribution >= 4 is 17.6 Å². The number of nitrogens with one attached hydrogen (secondary N) is 1. The number of hydrogen-bond acceptors (Lipinski definition) is 4. The van der Waals surface area contributed by atoms with Gasteiger partial charge in [0.25, 0.3) is 0 Å². The molecule has 0 unspecified atom stereocenters. The van der Waals surface area contributed by atoms with Crippen LogP contribution in [-0.4, -0.2) is 37.5 Å². The van der Waals surface area contributed by atoms with Crippen LogP contribution in [0.1, 0.15) is 21.5 Å². The lowest BCUT2D eigenvalue weighted by atomic mass is 10.1. The number of esters is 1. The van der Waals surface area contributed by atoms with E-state index in [0.29, 0.717) is 11.3 Å². The number of nitrogens with zero attached hydrogens (tertiary/aromatic N) is 1. The Labute approximate surface area is 154 Å². The topological polar surface area (TPSA) is 58.6 Å². The monoisotopic (exact) mass is 380 g/mol. The van der Waals surface area contributed by atoms with Crippen molar-refractivity contribution < 1.29 is 27.5 Å². The summed E-state index contributed by atoms with van der Waals surface area (Å²) in [5.74, 6) is -0.982. The molecule has 0 aliphatic carbocycles. The van der Waals surface area contributed by atoms with Gasteiger partial charge in [-0.2, -0.15) is 13.2 Å². The second-order valence-corrected chi connectivity index (χ2v) is 5.96. The fourth-order valence-electron chi connectivity index (χ4n) is 2.53. The van der Waals surface area contributed by atoms with Crippen LogP contribution in [0.5, 0.6) is 0 Å². The van der Waals surface area contributed by atoms with Gasteiger partial charge >= 0.3 is 12.1 Å². The second-order valence-electron chi connectivity index (χ2n) is 5.96. The molecule has 1 N–H and O–H groups in total. The van der Waals surface area contributed by atoms with E-state index in [4.69, 9.17) is 0 Å². The highest BCUT2D eigenvalue weighted by Crippen LogP contribution is 2.29. The Kier molecular flexibility index (Phi) is 6.57. The molecule has 2 aromatic rings. The van der Waals surface area contributed by atoms with E-state index < -0.39 is 23.6 Å². The molecule has 8 heteroatoms. The fourth-order valence-corrected chi connectivity index (χ4v) is 2.53. The van der Waals surface area contributed by atoms with E-state index in [1.807, 2.05) is 0 Å². The number of methoxy groups -OCH3 is 1. The molecule has 0 saturated carbocycles. The van der Waals surface area contributed by atoms with Crippen LogP contribution in [-0.2, 0) is 22.3 Å². The van der Waals surface area contributed by atoms with Crippen molar-refractivity contribution in [2.24, 2.45) is 0 Å². The lowest BCUT2D eigenvalue weighted by Crippen LogP contribution is -2.30. The van der Waals surface area contributed by atoms with Gasteiger partial charge in [0.05, 0.1) is 30.5 Å². The summed E-state index contributed by atoms with van der Waals surface area (Å²) in [7, 11) is 2.86. The molecule has 1 amide bonds. The summed E-state index contributed by atoms with van der Waals surface area (Å²) in [6, 6.07) is 11.3. The average molecular weight is 380 g/mol. The van der Waals surface area contributed by atoms with E-state index in [-0.39, 0.29) is 18.7 Å². The molecule has 0 saturated heterocycles. The summed E-state index contributed by atoms with van der Waals surface area (Å²) in [6.07, 6.45) is -4.41. The van der Waals surface area contributed by atoms with Crippen LogP contribution >= 0.6 is 0 Å². The van der Waals surface area contributed by atoms with Crippen LogP contribution in [0.25, 0.3) is 0 Å². The van der Waals surface area contributed by atoms with E-state index in [1.165, 1.54) is 19.2 Å². The molecule has 0 aliphatic heterocycles. The Morgan fingerprint density at radius 1 is 1.11 bits per heavy atom. The molecular formula is C19H19F3N2O3. The van der Waals surface area contributed by atoms with Crippen LogP contribution in [0.15, 0.2) is 48.5 Å². The molecule has 2 rings (SSSR count). The molecular weight excluding hydrogens is 361 g/mol. The van der Waals surface area contributed by atoms with E-state index in [0.717, 1.165) is 12.1 Å². The SMILES string of the molecule is COC(=O)c1ccccc1NC(=O)CN(C)Cc1cccc(C(F)(F)F)c1. The molecule has 0 spiro atoms. The Hall–Kier alpha value is -2.87. The molecule has 0 aliphatic rings. The molecule has 27 heavy (non-hydrogen) atoms. The molecule has 0 aromatic heterocycles. The third kappa shape index (κ3) is 5.82. The molecule has 0 bridgehead atoms. The molecule has 144 valence electrons. The van der Waals surface area contributed by atoms with Gasteiger partial charge in [-0.25, -0.2) is 4.79 Å². The molecule has 0 radical (unpaired) electrons. The number of halogens is 3. The number of hydrogen-bond donors (Lipinski definition) is 1. The first-order valence-corrected chi connectivity index (χ1v) is 8.02. The predicted octanol–water partition coefficient (Wildman–Crippen LogP) is 3.56. The van der Waals surface area contributed by atoms with Crippen molar-refractivity contribution in [3.05, 3.63) is 65.2 Å². The minimum Gasteiger partial charge on any atom is -0.465 e. The maximum atomic E-state index is 12.8. The molecule has 5 nitrogen and oxygen atoms in total. The first kappa shape index (κ1) is 20.4. The molecule has 0 heterocycles. The van der Waals surface area contributed by atoms with Crippen molar-refractivity contribution in [1.82, 2.24) is 4.90 Å². The van der Waals surface area contributed by atoms with Gasteiger partial charge in [-0.15, -0.1) is 0 Å². The van der Waals surface area contributed by atoms with E-state index in [2.05, 4.69) is 10.1 Å². The van der Waals surface area contributed by atoms with Gasteiger partial charge in [0.15, 0.2) is 0 Å². The first-order valence-electron chi connectivity index (χ1n) is 8.02. The number of rotatable bonds is 6. The summed E-state index contributed by atoms with van der Waals surface area (Å²) in [5, 5.41) is 2.62. The molecule has 0 fully saturated rings. The van der Waals surface area contributed by atoms with Crippen LogP contribution in [0, 0.1) is 0 Å². The quantitative estimate of drug-likeness (QED) is 0.779. The third-order valence-electron chi connectivity index (χ3n) is 3.73. The zero-order valence-electron chi connectivity index (χ0n) is 14.8. The van der Waals surface area contributed by atoms with Crippen molar-refractivity contribution in [3.8, 4) is 0 Å². The van der Waals surface area contributed by atoms with Crippen molar-refractivity contribution in [2.75, 3.05) is 26.0 Å². The van der Waals surface area contributed by atoms with Crippen LogP contribution < -0.4 is 5.32 Å². The highest BCUT2D eigenvalue weighted by atomic mass is 19.4. The number of alkyl halides is 3. The van der Waals surface area contributed by atoms with Crippen LogP contribution in [0.4, 0.5) is 18.9 Å². The normalized spacial score (nSPS) is 11.3. The summed E-state index contributed by atoms with van der Waals surface area (Å²) in [4.78, 5) is 25.5. The van der Waals surface area contributed by atoms with Gasteiger partial charge in [0, 0.05) is 6.54 Å². The smallest absolute Gasteiger partial charge is 0.416 e. The van der Waals surface area contributed by atoms with Crippen LogP contribution in [0.2, 0.25) is 0 Å². The van der Waals surface area contributed by atoms with Gasteiger partial charge in [-0.1, -0.05) is 30.3 Å². The average Bonchev–Trinajstić information content (AvgIpc) is 2.60. The lowest BCUT2D eigenvalue weighted by Gasteiger charge is -2.18. The Morgan fingerprint density at radius 2 is 1.81 bits per heavy atom. The van der Waals surface area contributed by atoms with Gasteiger partial charge < -0.3 is 10.1 Å². The highest BCUT2D eigenvalue weighted by molar-refractivity contribution is 6.01. The Morgan fingerprint density at radius 3 is 2.48 bits per heavy atom. The number of para-hydroxylation sites is 1. The van der Waals surface area contributed by atoms with Crippen molar-refractivity contribution in [2.45, 2.75) is 12.7 Å². The van der Waals surface area contributed by atoms with Gasteiger partial charge in [-0.3, -0.25) is 9.69 Å². The number of carbonyl (C=O) groups is 2. The van der Waals surface area contributed by atoms with E-state index in [9.17, 15) is 22.8 Å². The largest absolute Gasteiger partial charge is 0.465 e. The number of ether oxygens (including phenoxy) is 1. The van der Waals surface area contributed by atoms with Gasteiger partial charge in [0.2, 0.25) is 5.91 Å². The number of anilines is 1. The second kappa shape index (κ2) is 8.68. The molecule has 0 atom stereocenters. The summed E-state index contributed by atoms with van der Waals surface area (Å²) < 4.78 is 43.0. The number of carbonyl (C=O) groups excluding carboxylic acids is 2. The molecule has 2 aromatic carbocycles. The predicted molar refractivity (Wildman–Crippen MR) is 94.2 cm³/mol. The zero-order valence-corrected chi connectivity index (χ0v) is 14.8. The Bertz CT molecular complexity index is 822. The van der Waals surface area contributed by atoms with Crippen LogP contribution in [0.3, 0.4) is 0 Å². The number of likely N-dealkylation sites (N-methyl/N-ethyl adjacent to an activating group) is 1. The number of amides is 1. The summed E-state index contributed by atoms with van der Waals surface area (Å²) >= 11 is 0. The third-order valence-corrected chi connectivity index (χ3v) is 3.73. The van der Waals surface area contributed by atoms with Gasteiger partial charge in [0.1, 0.15) is 0 Å².